The van der Waals surface area contributed by atoms with Crippen LogP contribution in [0.2, 0.25) is 0 Å². The smallest absolute Gasteiger partial charge is 0.416 e. The molecule has 0 N–H and O–H groups in total. The van der Waals surface area contributed by atoms with Gasteiger partial charge in [0.15, 0.2) is 17.4 Å². The van der Waals surface area contributed by atoms with Crippen molar-refractivity contribution in [3.63, 3.8) is 0 Å². The first-order chi connectivity index (χ1) is 10.7. The highest BCUT2D eigenvalue weighted by Crippen LogP contribution is 2.38. The lowest BCUT2D eigenvalue weighted by Crippen LogP contribution is -2.07. The van der Waals surface area contributed by atoms with Gasteiger partial charge in [-0.1, -0.05) is 11.2 Å². The summed E-state index contributed by atoms with van der Waals surface area (Å²) in [6, 6.07) is 4.21. The van der Waals surface area contributed by atoms with Crippen molar-refractivity contribution in [3.05, 3.63) is 62.4 Å². The Morgan fingerprint density at radius 2 is 1.70 bits per heavy atom. The number of rotatable bonds is 3. The molecule has 0 aliphatic rings. The number of hydrogen-bond donors (Lipinski definition) is 0. The Balaban J connectivity index is 2.45. The van der Waals surface area contributed by atoms with Crippen LogP contribution in [0.3, 0.4) is 0 Å². The molecule has 0 unspecified atom stereocenters. The van der Waals surface area contributed by atoms with E-state index in [0.29, 0.717) is 0 Å². The van der Waals surface area contributed by atoms with Crippen LogP contribution in [0.1, 0.15) is 5.56 Å². The lowest BCUT2D eigenvalue weighted by Gasteiger charge is -2.13. The van der Waals surface area contributed by atoms with E-state index < -0.39 is 29.1 Å². The number of alkyl halides is 3. The van der Waals surface area contributed by atoms with Crippen LogP contribution in [0, 0.1) is 11.6 Å². The predicted molar refractivity (Wildman–Crippen MR) is 74.4 cm³/mol. The highest BCUT2D eigenvalue weighted by Gasteiger charge is 2.33. The zero-order valence-electron chi connectivity index (χ0n) is 10.9. The van der Waals surface area contributed by atoms with E-state index in [1.165, 1.54) is 18.2 Å². The molecular weight excluding hydrogens is 389 g/mol. The molecule has 0 aliphatic carbocycles. The molecule has 10 heteroatoms. The summed E-state index contributed by atoms with van der Waals surface area (Å²) in [5.41, 5.74) is 6.97. The molecule has 0 heterocycles. The van der Waals surface area contributed by atoms with Gasteiger partial charge in [0.05, 0.1) is 10.0 Å². The Morgan fingerprint density at radius 1 is 1.09 bits per heavy atom. The van der Waals surface area contributed by atoms with E-state index in [0.717, 1.165) is 0 Å². The number of nitrogens with zero attached hydrogens (tertiary/aromatic N) is 3. The lowest BCUT2D eigenvalue weighted by atomic mass is 10.2. The molecule has 0 aromatic heterocycles. The number of azide groups is 1. The molecule has 23 heavy (non-hydrogen) atoms. The first kappa shape index (κ1) is 17.0. The molecule has 0 aliphatic heterocycles. The Bertz CT molecular complexity index is 780. The Morgan fingerprint density at radius 3 is 2.22 bits per heavy atom. The second-order valence-corrected chi connectivity index (χ2v) is 5.03. The van der Waals surface area contributed by atoms with E-state index in [2.05, 4.69) is 26.0 Å². The lowest BCUT2D eigenvalue weighted by molar-refractivity contribution is -0.138. The van der Waals surface area contributed by atoms with Crippen LogP contribution in [-0.2, 0) is 6.18 Å². The molecule has 0 saturated carbocycles. The maximum Gasteiger partial charge on any atom is 0.416 e. The minimum absolute atomic E-state index is 0.0958. The summed E-state index contributed by atoms with van der Waals surface area (Å²) in [5, 5.41) is 3.28. The average molecular weight is 394 g/mol. The molecule has 0 fully saturated rings. The number of hydrogen-bond acceptors (Lipinski definition) is 2. The number of ether oxygens (including phenoxy) is 1. The quantitative estimate of drug-likeness (QED) is 0.254. The third kappa shape index (κ3) is 3.91. The van der Waals surface area contributed by atoms with Crippen molar-refractivity contribution in [1.29, 1.82) is 0 Å². The van der Waals surface area contributed by atoms with Gasteiger partial charge in [-0.2, -0.15) is 13.2 Å². The zero-order chi connectivity index (χ0) is 17.2. The van der Waals surface area contributed by atoms with Gasteiger partial charge >= 0.3 is 6.18 Å². The molecule has 0 amide bonds. The van der Waals surface area contributed by atoms with Crippen LogP contribution in [0.25, 0.3) is 10.4 Å². The highest BCUT2D eigenvalue weighted by atomic mass is 79.9. The fourth-order valence-corrected chi connectivity index (χ4v) is 1.94. The Hall–Kier alpha value is -2.32. The van der Waals surface area contributed by atoms with Gasteiger partial charge in [0.2, 0.25) is 0 Å². The Labute approximate surface area is 134 Å². The van der Waals surface area contributed by atoms with Gasteiger partial charge in [-0.15, -0.1) is 0 Å². The van der Waals surface area contributed by atoms with Gasteiger partial charge in [0, 0.05) is 10.6 Å². The monoisotopic (exact) mass is 393 g/mol. The van der Waals surface area contributed by atoms with E-state index in [9.17, 15) is 22.0 Å². The summed E-state index contributed by atoms with van der Waals surface area (Å²) >= 11 is 3.05. The normalized spacial score (nSPS) is 11.0. The molecule has 0 bridgehead atoms. The molecule has 2 rings (SSSR count). The molecule has 2 aromatic carbocycles. The first-order valence-electron chi connectivity index (χ1n) is 5.81. The van der Waals surface area contributed by atoms with Crippen LogP contribution in [0.5, 0.6) is 11.5 Å². The zero-order valence-corrected chi connectivity index (χ0v) is 12.5. The molecule has 2 aromatic rings. The fraction of sp³-hybridized carbons (Fsp3) is 0.0769. The Kier molecular flexibility index (Phi) is 4.76. The summed E-state index contributed by atoms with van der Waals surface area (Å²) in [6.45, 7) is 0. The van der Waals surface area contributed by atoms with Crippen LogP contribution in [0.15, 0.2) is 39.9 Å². The predicted octanol–water partition coefficient (Wildman–Crippen LogP) is 6.48. The number of benzene rings is 2. The summed E-state index contributed by atoms with van der Waals surface area (Å²) in [5.74, 6) is -4.17. The van der Waals surface area contributed by atoms with Gasteiger partial charge in [-0.25, -0.2) is 8.78 Å². The standard InChI is InChI=1S/C13H5BrF5N3O/c14-8-2-1-7(21-22-20)5-11(8)23-12-9(15)3-6(4-10(12)16)13(17,18)19/h1-5H. The summed E-state index contributed by atoms with van der Waals surface area (Å²) < 4.78 is 70.2. The summed E-state index contributed by atoms with van der Waals surface area (Å²) in [4.78, 5) is 2.54. The van der Waals surface area contributed by atoms with Crippen LogP contribution >= 0.6 is 15.9 Å². The van der Waals surface area contributed by atoms with Crippen molar-refractivity contribution in [2.75, 3.05) is 0 Å². The van der Waals surface area contributed by atoms with Gasteiger partial charge in [0.25, 0.3) is 0 Å². The fourth-order valence-electron chi connectivity index (χ4n) is 1.62. The van der Waals surface area contributed by atoms with Crippen molar-refractivity contribution in [3.8, 4) is 11.5 Å². The van der Waals surface area contributed by atoms with E-state index in [1.807, 2.05) is 0 Å². The second-order valence-electron chi connectivity index (χ2n) is 4.17. The van der Waals surface area contributed by atoms with E-state index in [-0.39, 0.29) is 28.0 Å². The summed E-state index contributed by atoms with van der Waals surface area (Å²) in [6.07, 6.45) is -4.89. The molecule has 0 atom stereocenters. The van der Waals surface area contributed by atoms with Crippen molar-refractivity contribution < 1.29 is 26.7 Å². The molecule has 0 spiro atoms. The van der Waals surface area contributed by atoms with Crippen molar-refractivity contribution >= 4 is 21.6 Å². The second kappa shape index (κ2) is 6.43. The highest BCUT2D eigenvalue weighted by molar-refractivity contribution is 9.10. The van der Waals surface area contributed by atoms with Crippen molar-refractivity contribution in [1.82, 2.24) is 0 Å². The van der Waals surface area contributed by atoms with Gasteiger partial charge < -0.3 is 4.74 Å². The summed E-state index contributed by atoms with van der Waals surface area (Å²) in [7, 11) is 0. The van der Waals surface area contributed by atoms with Gasteiger partial charge in [-0.05, 0) is 45.7 Å². The van der Waals surface area contributed by atoms with E-state index in [4.69, 9.17) is 10.3 Å². The molecule has 120 valence electrons. The first-order valence-corrected chi connectivity index (χ1v) is 6.60. The molecule has 0 saturated heterocycles. The SMILES string of the molecule is [N-]=[N+]=Nc1ccc(Br)c(Oc2c(F)cc(C(F)(F)F)cc2F)c1. The minimum Gasteiger partial charge on any atom is -0.450 e. The van der Waals surface area contributed by atoms with Crippen LogP contribution in [0.4, 0.5) is 27.6 Å². The third-order valence-corrected chi connectivity index (χ3v) is 3.27. The maximum atomic E-state index is 13.7. The average Bonchev–Trinajstić information content (AvgIpc) is 2.45. The number of halogens is 6. The largest absolute Gasteiger partial charge is 0.450 e. The maximum absolute atomic E-state index is 13.7. The molecule has 4 nitrogen and oxygen atoms in total. The minimum atomic E-state index is -4.89. The third-order valence-electron chi connectivity index (χ3n) is 2.61. The van der Waals surface area contributed by atoms with E-state index in [1.54, 1.807) is 0 Å². The van der Waals surface area contributed by atoms with Crippen LogP contribution < -0.4 is 4.74 Å². The van der Waals surface area contributed by atoms with Crippen molar-refractivity contribution in [2.24, 2.45) is 5.11 Å². The van der Waals surface area contributed by atoms with Gasteiger partial charge in [-0.3, -0.25) is 0 Å². The van der Waals surface area contributed by atoms with Crippen molar-refractivity contribution in [2.45, 2.75) is 6.18 Å². The molecule has 0 radical (unpaired) electrons. The topological polar surface area (TPSA) is 58.0 Å². The molecular formula is C13H5BrF5N3O. The van der Waals surface area contributed by atoms with Crippen LogP contribution in [-0.4, -0.2) is 0 Å². The van der Waals surface area contributed by atoms with Gasteiger partial charge in [0.1, 0.15) is 5.75 Å². The van der Waals surface area contributed by atoms with E-state index >= 15 is 0 Å².